The minimum Gasteiger partial charge on any atom is -0.496 e. The van der Waals surface area contributed by atoms with Crippen LogP contribution < -0.4 is 10.5 Å². The molecule has 0 amide bonds. The molecule has 0 spiro atoms. The van der Waals surface area contributed by atoms with E-state index in [1.54, 1.807) is 7.11 Å². The van der Waals surface area contributed by atoms with Gasteiger partial charge >= 0.3 is 0 Å². The summed E-state index contributed by atoms with van der Waals surface area (Å²) in [5.74, 6) is 3.03. The van der Waals surface area contributed by atoms with Crippen LogP contribution in [0.15, 0.2) is 24.3 Å². The Morgan fingerprint density at radius 1 is 1.05 bits per heavy atom. The predicted octanol–water partition coefficient (Wildman–Crippen LogP) is 1.43. The van der Waals surface area contributed by atoms with Crippen molar-refractivity contribution in [3.63, 3.8) is 0 Å². The van der Waals surface area contributed by atoms with Crippen LogP contribution in [-0.2, 0) is 19.4 Å². The van der Waals surface area contributed by atoms with E-state index in [2.05, 4.69) is 21.0 Å². The van der Waals surface area contributed by atoms with Crippen molar-refractivity contribution >= 4 is 0 Å². The zero-order valence-corrected chi connectivity index (χ0v) is 11.3. The molecule has 0 saturated carbocycles. The number of methoxy groups -OCH3 is 1. The molecule has 0 saturated heterocycles. The van der Waals surface area contributed by atoms with Crippen molar-refractivity contribution in [2.75, 3.05) is 7.11 Å². The Morgan fingerprint density at radius 3 is 2.53 bits per heavy atom. The van der Waals surface area contributed by atoms with Crippen molar-refractivity contribution in [1.82, 2.24) is 15.0 Å². The Bertz CT molecular complexity index is 557. The molecule has 0 atom stereocenters. The fourth-order valence-electron chi connectivity index (χ4n) is 1.96. The standard InChI is InChI=1S/C14H18N4O/c1-10-16-13(18-14(9-15)17-10)8-7-11-5-3-4-6-12(11)19-2/h3-6H,7-9,15H2,1-2H3. The topological polar surface area (TPSA) is 73.9 Å². The molecule has 0 aliphatic heterocycles. The first kappa shape index (κ1) is 13.4. The summed E-state index contributed by atoms with van der Waals surface area (Å²) in [6.07, 6.45) is 1.58. The minimum atomic E-state index is 0.338. The fourth-order valence-corrected chi connectivity index (χ4v) is 1.96. The first-order valence-electron chi connectivity index (χ1n) is 6.25. The number of ether oxygens (including phenoxy) is 1. The third-order valence-corrected chi connectivity index (χ3v) is 2.83. The van der Waals surface area contributed by atoms with Gasteiger partial charge in [0, 0.05) is 6.42 Å². The number of nitrogens with two attached hydrogens (primary N) is 1. The highest BCUT2D eigenvalue weighted by atomic mass is 16.5. The highest BCUT2D eigenvalue weighted by Crippen LogP contribution is 2.18. The van der Waals surface area contributed by atoms with Crippen molar-refractivity contribution in [3.8, 4) is 5.75 Å². The van der Waals surface area contributed by atoms with Crippen LogP contribution in [0.5, 0.6) is 5.75 Å². The van der Waals surface area contributed by atoms with Gasteiger partial charge in [0.2, 0.25) is 0 Å². The molecule has 19 heavy (non-hydrogen) atoms. The second-order valence-corrected chi connectivity index (χ2v) is 4.23. The number of hydrogen-bond donors (Lipinski definition) is 1. The van der Waals surface area contributed by atoms with Crippen LogP contribution in [0.2, 0.25) is 0 Å². The van der Waals surface area contributed by atoms with Gasteiger partial charge in [-0.1, -0.05) is 18.2 Å². The minimum absolute atomic E-state index is 0.338. The molecule has 0 aliphatic carbocycles. The normalized spacial score (nSPS) is 10.5. The van der Waals surface area contributed by atoms with Crippen molar-refractivity contribution < 1.29 is 4.74 Å². The van der Waals surface area contributed by atoms with Crippen LogP contribution >= 0.6 is 0 Å². The molecule has 2 aromatic rings. The lowest BCUT2D eigenvalue weighted by Gasteiger charge is -2.08. The molecule has 5 heteroatoms. The number of hydrogen-bond acceptors (Lipinski definition) is 5. The zero-order chi connectivity index (χ0) is 13.7. The van der Waals surface area contributed by atoms with Gasteiger partial charge in [-0.05, 0) is 25.0 Å². The Kier molecular flexibility index (Phi) is 4.41. The van der Waals surface area contributed by atoms with Crippen molar-refractivity contribution in [2.45, 2.75) is 26.3 Å². The predicted molar refractivity (Wildman–Crippen MR) is 72.9 cm³/mol. The van der Waals surface area contributed by atoms with Gasteiger partial charge in [-0.25, -0.2) is 15.0 Å². The number of nitrogens with zero attached hydrogens (tertiary/aromatic N) is 3. The summed E-state index contributed by atoms with van der Waals surface area (Å²) >= 11 is 0. The zero-order valence-electron chi connectivity index (χ0n) is 11.3. The van der Waals surface area contributed by atoms with E-state index in [4.69, 9.17) is 10.5 Å². The van der Waals surface area contributed by atoms with Crippen LogP contribution in [0.1, 0.15) is 23.0 Å². The summed E-state index contributed by atoms with van der Waals surface area (Å²) in [6.45, 7) is 2.19. The van der Waals surface area contributed by atoms with Gasteiger partial charge in [0.15, 0.2) is 0 Å². The summed E-state index contributed by atoms with van der Waals surface area (Å²) in [7, 11) is 1.68. The molecule has 1 aromatic heterocycles. The number of aromatic nitrogens is 3. The lowest BCUT2D eigenvalue weighted by molar-refractivity contribution is 0.409. The number of rotatable bonds is 5. The molecule has 0 aliphatic rings. The smallest absolute Gasteiger partial charge is 0.146 e. The van der Waals surface area contributed by atoms with E-state index in [-0.39, 0.29) is 0 Å². The molecular formula is C14H18N4O. The average molecular weight is 258 g/mol. The van der Waals surface area contributed by atoms with E-state index in [0.717, 1.165) is 30.0 Å². The van der Waals surface area contributed by atoms with Crippen molar-refractivity contribution in [2.24, 2.45) is 5.73 Å². The second-order valence-electron chi connectivity index (χ2n) is 4.23. The average Bonchev–Trinajstić information content (AvgIpc) is 2.44. The molecule has 2 N–H and O–H groups in total. The Balaban J connectivity index is 2.12. The molecule has 5 nitrogen and oxygen atoms in total. The highest BCUT2D eigenvalue weighted by Gasteiger charge is 2.06. The van der Waals surface area contributed by atoms with Gasteiger partial charge in [-0.15, -0.1) is 0 Å². The molecule has 1 heterocycles. The Hall–Kier alpha value is -2.01. The summed E-state index contributed by atoms with van der Waals surface area (Å²) in [6, 6.07) is 7.97. The highest BCUT2D eigenvalue weighted by molar-refractivity contribution is 5.33. The lowest BCUT2D eigenvalue weighted by atomic mass is 10.1. The summed E-state index contributed by atoms with van der Waals surface area (Å²) in [4.78, 5) is 12.8. The Morgan fingerprint density at radius 2 is 1.79 bits per heavy atom. The third kappa shape index (κ3) is 3.48. The molecule has 0 unspecified atom stereocenters. The van der Waals surface area contributed by atoms with Crippen molar-refractivity contribution in [3.05, 3.63) is 47.3 Å². The van der Waals surface area contributed by atoms with Crippen LogP contribution in [0.3, 0.4) is 0 Å². The van der Waals surface area contributed by atoms with Crippen LogP contribution in [0.25, 0.3) is 0 Å². The van der Waals surface area contributed by atoms with E-state index in [1.165, 1.54) is 0 Å². The largest absolute Gasteiger partial charge is 0.496 e. The quantitative estimate of drug-likeness (QED) is 0.878. The third-order valence-electron chi connectivity index (χ3n) is 2.83. The van der Waals surface area contributed by atoms with Gasteiger partial charge in [-0.3, -0.25) is 0 Å². The molecule has 2 rings (SSSR count). The maximum absolute atomic E-state index is 5.57. The first-order valence-corrected chi connectivity index (χ1v) is 6.25. The van der Waals surface area contributed by atoms with Crippen LogP contribution in [0.4, 0.5) is 0 Å². The fraction of sp³-hybridized carbons (Fsp3) is 0.357. The number of benzene rings is 1. The van der Waals surface area contributed by atoms with Gasteiger partial charge < -0.3 is 10.5 Å². The maximum atomic E-state index is 5.57. The summed E-state index contributed by atoms with van der Waals surface area (Å²) in [5.41, 5.74) is 6.72. The van der Waals surface area contributed by atoms with Gasteiger partial charge in [-0.2, -0.15) is 0 Å². The Labute approximate surface area is 112 Å². The summed E-state index contributed by atoms with van der Waals surface area (Å²) in [5, 5.41) is 0. The molecular weight excluding hydrogens is 240 g/mol. The van der Waals surface area contributed by atoms with E-state index >= 15 is 0 Å². The molecule has 0 radical (unpaired) electrons. The second kappa shape index (κ2) is 6.24. The van der Waals surface area contributed by atoms with E-state index in [0.29, 0.717) is 18.2 Å². The molecule has 0 fully saturated rings. The van der Waals surface area contributed by atoms with Crippen molar-refractivity contribution in [1.29, 1.82) is 0 Å². The molecule has 100 valence electrons. The van der Waals surface area contributed by atoms with Gasteiger partial charge in [0.25, 0.3) is 0 Å². The first-order chi connectivity index (χ1) is 9.22. The van der Waals surface area contributed by atoms with E-state index < -0.39 is 0 Å². The van der Waals surface area contributed by atoms with E-state index in [9.17, 15) is 0 Å². The van der Waals surface area contributed by atoms with Crippen LogP contribution in [-0.4, -0.2) is 22.1 Å². The lowest BCUT2D eigenvalue weighted by Crippen LogP contribution is -2.10. The van der Waals surface area contributed by atoms with Gasteiger partial charge in [0.1, 0.15) is 23.2 Å². The number of para-hydroxylation sites is 1. The molecule has 1 aromatic carbocycles. The summed E-state index contributed by atoms with van der Waals surface area (Å²) < 4.78 is 5.33. The molecule has 0 bridgehead atoms. The van der Waals surface area contributed by atoms with Gasteiger partial charge in [0.05, 0.1) is 13.7 Å². The van der Waals surface area contributed by atoms with Crippen LogP contribution in [0, 0.1) is 6.92 Å². The number of aryl methyl sites for hydroxylation is 3. The van der Waals surface area contributed by atoms with E-state index in [1.807, 2.05) is 25.1 Å². The maximum Gasteiger partial charge on any atom is 0.146 e. The monoisotopic (exact) mass is 258 g/mol. The SMILES string of the molecule is COc1ccccc1CCc1nc(C)nc(CN)n1.